The molecule has 0 saturated heterocycles. The molecule has 0 aliphatic carbocycles. The number of hydrogen-bond acceptors (Lipinski definition) is 5. The van der Waals surface area contributed by atoms with E-state index in [2.05, 4.69) is 89.2 Å². The molecule has 0 unspecified atom stereocenters. The van der Waals surface area contributed by atoms with Gasteiger partial charge in [-0.1, -0.05) is 97.5 Å². The first kappa shape index (κ1) is 39.5. The maximum Gasteiger partial charge on any atom is 0.164 e. The molecule has 3 aromatic carbocycles. The second-order valence-electron chi connectivity index (χ2n) is 15.1. The van der Waals surface area contributed by atoms with Crippen LogP contribution in [0.4, 0.5) is 0 Å². The zero-order valence-corrected chi connectivity index (χ0v) is 34.8. The molecule has 1 N–H and O–H groups in total. The topological polar surface area (TPSA) is 63.3 Å². The molecule has 3 heterocycles. The number of rotatable bonds is 8. The van der Waals surface area contributed by atoms with Gasteiger partial charge in [-0.15, -0.1) is 40.5 Å². The van der Waals surface area contributed by atoms with Crippen molar-refractivity contribution >= 4 is 59.9 Å². The molecule has 0 bridgehead atoms. The van der Waals surface area contributed by atoms with E-state index in [0.29, 0.717) is 0 Å². The number of aliphatic hydroxyl groups excluding tert-OH is 1. The average molecular weight is 867 g/mol. The van der Waals surface area contributed by atoms with Crippen LogP contribution in [-0.2, 0) is 30.3 Å². The van der Waals surface area contributed by atoms with Gasteiger partial charge in [-0.2, -0.15) is 0 Å². The Morgan fingerprint density at radius 1 is 0.840 bits per heavy atom. The average Bonchev–Trinajstić information content (AvgIpc) is 3.63. The Bertz CT molecular complexity index is 2190. The van der Waals surface area contributed by atoms with E-state index in [1.165, 1.54) is 37.6 Å². The monoisotopic (exact) mass is 867 g/mol. The normalized spacial score (nSPS) is 12.7. The number of aromatic nitrogens is 1. The Labute approximate surface area is 315 Å². The molecule has 3 aromatic heterocycles. The number of ketones is 1. The van der Waals surface area contributed by atoms with Gasteiger partial charge < -0.3 is 9.52 Å². The van der Waals surface area contributed by atoms with Gasteiger partial charge in [-0.25, -0.2) is 0 Å². The maximum atomic E-state index is 12.2. The molecule has 0 saturated carbocycles. The Hall–Kier alpha value is -3.31. The Balaban J connectivity index is 0.000000269. The second kappa shape index (κ2) is 15.1. The van der Waals surface area contributed by atoms with Gasteiger partial charge in [0.1, 0.15) is 11.3 Å². The smallest absolute Gasteiger partial charge is 0.164 e. The first-order chi connectivity index (χ1) is 23.1. The van der Waals surface area contributed by atoms with Crippen LogP contribution in [0.3, 0.4) is 0 Å². The summed E-state index contributed by atoms with van der Waals surface area (Å²) in [6.45, 7) is 23.2. The van der Waals surface area contributed by atoms with Crippen LogP contribution >= 0.6 is 11.3 Å². The third-order valence-electron chi connectivity index (χ3n) is 11.1. The van der Waals surface area contributed by atoms with E-state index in [9.17, 15) is 9.90 Å². The number of pyridine rings is 1. The van der Waals surface area contributed by atoms with Crippen LogP contribution in [0.25, 0.3) is 54.1 Å². The summed E-state index contributed by atoms with van der Waals surface area (Å²) in [5.74, 6) is 0.286. The number of thiophene rings is 1. The van der Waals surface area contributed by atoms with Crippen LogP contribution in [-0.4, -0.2) is 15.9 Å². The van der Waals surface area contributed by atoms with Gasteiger partial charge in [-0.05, 0) is 68.0 Å². The molecular weight excluding hydrogens is 815 g/mol. The Morgan fingerprint density at radius 2 is 1.44 bits per heavy atom. The molecule has 267 valence electrons. The van der Waals surface area contributed by atoms with Gasteiger partial charge in [0.15, 0.2) is 11.4 Å². The van der Waals surface area contributed by atoms with Gasteiger partial charge in [-0.3, -0.25) is 9.78 Å². The summed E-state index contributed by atoms with van der Waals surface area (Å²) in [5.41, 5.74) is 5.67. The summed E-state index contributed by atoms with van der Waals surface area (Å²) in [5, 5.41) is 16.0. The minimum absolute atomic E-state index is 0. The standard InChI is InChI=1S/C29H24NOS.C15H28O2.Ir/c1-16-17(2)32-28-20(16)10-11-22-23-12-13-30-25(26(23)31-27(22)28)19-14-18-8-6-7-9-21(18)24(15-19)29(3,4)5;1-7-14(5,8-2)12(16)11-13(17)15(6,9-3)10-4;/h6-13,15H,1-5H3;11,16H,7-10H2,1-6H3;/q-1;;/b;12-11-;. The van der Waals surface area contributed by atoms with Crippen molar-refractivity contribution in [1.82, 2.24) is 4.98 Å². The summed E-state index contributed by atoms with van der Waals surface area (Å²) in [6.07, 6.45) is 6.64. The summed E-state index contributed by atoms with van der Waals surface area (Å²) < 4.78 is 7.80. The van der Waals surface area contributed by atoms with Crippen molar-refractivity contribution in [2.75, 3.05) is 0 Å². The second-order valence-corrected chi connectivity index (χ2v) is 16.3. The van der Waals surface area contributed by atoms with Crippen molar-refractivity contribution < 1.29 is 34.4 Å². The van der Waals surface area contributed by atoms with Crippen LogP contribution in [0.2, 0.25) is 0 Å². The summed E-state index contributed by atoms with van der Waals surface area (Å²) in [4.78, 5) is 18.3. The molecule has 0 aliphatic heterocycles. The van der Waals surface area contributed by atoms with E-state index >= 15 is 0 Å². The summed E-state index contributed by atoms with van der Waals surface area (Å²) in [6, 6.07) is 20.8. The number of carbonyl (C=O) groups is 1. The van der Waals surface area contributed by atoms with Crippen molar-refractivity contribution in [2.45, 2.75) is 107 Å². The fraction of sp³-hybridized carbons (Fsp3) is 0.409. The van der Waals surface area contributed by atoms with E-state index in [-0.39, 0.29) is 47.9 Å². The first-order valence-corrected chi connectivity index (χ1v) is 18.5. The van der Waals surface area contributed by atoms with Crippen molar-refractivity contribution in [1.29, 1.82) is 0 Å². The first-order valence-electron chi connectivity index (χ1n) is 17.7. The zero-order chi connectivity index (χ0) is 35.9. The third-order valence-corrected chi connectivity index (χ3v) is 12.4. The molecule has 0 amide bonds. The third kappa shape index (κ3) is 7.22. The molecule has 50 heavy (non-hydrogen) atoms. The summed E-state index contributed by atoms with van der Waals surface area (Å²) >= 11 is 1.81. The SMILES string of the molecule is CCC(C)(CC)C(=O)/C=C(\O)C(C)(CC)CC.Cc1sc2c(ccc3c4ccnc(-c5[c-]c6ccccc6c(C(C)(C)C)c5)c4oc32)c1C.[Ir]. The number of aliphatic hydroxyl groups is 1. The molecule has 0 aliphatic rings. The number of hydrogen-bond donors (Lipinski definition) is 1. The van der Waals surface area contributed by atoms with Crippen molar-refractivity contribution in [2.24, 2.45) is 10.8 Å². The minimum atomic E-state index is -0.337. The van der Waals surface area contributed by atoms with Crippen LogP contribution in [0.15, 0.2) is 71.0 Å². The predicted molar refractivity (Wildman–Crippen MR) is 210 cm³/mol. The number of aryl methyl sites for hydroxylation is 2. The predicted octanol–water partition coefficient (Wildman–Crippen LogP) is 13.4. The largest absolute Gasteiger partial charge is 0.512 e. The maximum absolute atomic E-state index is 12.2. The van der Waals surface area contributed by atoms with Crippen LogP contribution < -0.4 is 0 Å². The summed E-state index contributed by atoms with van der Waals surface area (Å²) in [7, 11) is 0. The van der Waals surface area contributed by atoms with Gasteiger partial charge in [0.05, 0.1) is 4.70 Å². The molecule has 6 rings (SSSR count). The van der Waals surface area contributed by atoms with Gasteiger partial charge in [0.2, 0.25) is 0 Å². The van der Waals surface area contributed by atoms with E-state index in [0.717, 1.165) is 64.3 Å². The molecule has 0 fully saturated rings. The van der Waals surface area contributed by atoms with Crippen molar-refractivity contribution in [3.8, 4) is 11.3 Å². The fourth-order valence-electron chi connectivity index (χ4n) is 6.41. The van der Waals surface area contributed by atoms with Crippen LogP contribution in [0.1, 0.15) is 104 Å². The van der Waals surface area contributed by atoms with Gasteiger partial charge >= 0.3 is 0 Å². The molecular formula is C44H52IrNO3S-. The number of allylic oxidation sites excluding steroid dienone is 2. The van der Waals surface area contributed by atoms with Crippen molar-refractivity contribution in [3.05, 3.63) is 88.6 Å². The number of nitrogens with zero attached hydrogens (tertiary/aromatic N) is 1. The zero-order valence-electron chi connectivity index (χ0n) is 31.6. The van der Waals surface area contributed by atoms with Gasteiger partial charge in [0.25, 0.3) is 0 Å². The number of fused-ring (bicyclic) bond motifs is 6. The number of furan rings is 1. The molecule has 0 spiro atoms. The molecule has 0 atom stereocenters. The number of benzene rings is 3. The molecule has 6 heteroatoms. The molecule has 1 radical (unpaired) electrons. The quantitative estimate of drug-likeness (QED) is 0.0940. The molecule has 4 nitrogen and oxygen atoms in total. The van der Waals surface area contributed by atoms with E-state index in [1.54, 1.807) is 0 Å². The molecule has 6 aromatic rings. The Kier molecular flexibility index (Phi) is 11.9. The van der Waals surface area contributed by atoms with E-state index in [1.807, 2.05) is 59.1 Å². The van der Waals surface area contributed by atoms with E-state index < -0.39 is 0 Å². The van der Waals surface area contributed by atoms with E-state index in [4.69, 9.17) is 9.40 Å². The van der Waals surface area contributed by atoms with Crippen LogP contribution in [0.5, 0.6) is 0 Å². The van der Waals surface area contributed by atoms with Gasteiger partial charge in [0, 0.05) is 64.6 Å². The van der Waals surface area contributed by atoms with Crippen LogP contribution in [0, 0.1) is 30.7 Å². The number of carbonyl (C=O) groups excluding carboxylic acids is 1. The minimum Gasteiger partial charge on any atom is -0.512 e. The Morgan fingerprint density at radius 3 is 2.06 bits per heavy atom. The fourth-order valence-corrected chi connectivity index (χ4v) is 7.56. The van der Waals surface area contributed by atoms with Crippen molar-refractivity contribution in [3.63, 3.8) is 0 Å².